The van der Waals surface area contributed by atoms with Crippen LogP contribution in [0.5, 0.6) is 0 Å². The maximum Gasteiger partial charge on any atom is 0.439 e. The van der Waals surface area contributed by atoms with E-state index in [-0.39, 0.29) is 6.09 Å². The number of hydrogen-bond donors (Lipinski definition) is 1. The number of H-pyrrole nitrogens is 1. The number of nitrogens with zero attached hydrogens (tertiary/aromatic N) is 3. The van der Waals surface area contributed by atoms with E-state index in [4.69, 9.17) is 4.74 Å². The van der Waals surface area contributed by atoms with Crippen LogP contribution >= 0.6 is 0 Å². The quantitative estimate of drug-likeness (QED) is 0.885. The van der Waals surface area contributed by atoms with Gasteiger partial charge in [-0.05, 0) is 51.5 Å². The fourth-order valence-corrected chi connectivity index (χ4v) is 2.87. The molecule has 0 atom stereocenters. The highest BCUT2D eigenvalue weighted by molar-refractivity contribution is 5.68. The molecular weight excluding hydrogens is 336 g/mol. The van der Waals surface area contributed by atoms with Gasteiger partial charge < -0.3 is 14.5 Å². The Morgan fingerprint density at radius 3 is 2.50 bits per heavy atom. The van der Waals surface area contributed by atoms with E-state index in [1.807, 2.05) is 45.0 Å². The molecule has 8 nitrogen and oxygen atoms in total. The third kappa shape index (κ3) is 4.44. The molecule has 3 rings (SSSR count). The van der Waals surface area contributed by atoms with E-state index in [2.05, 4.69) is 19.6 Å². The summed E-state index contributed by atoms with van der Waals surface area (Å²) in [5.74, 6) is -0.160. The molecule has 1 aliphatic heterocycles. The second kappa shape index (κ2) is 7.23. The maximum atomic E-state index is 12.3. The zero-order valence-electron chi connectivity index (χ0n) is 15.3. The van der Waals surface area contributed by atoms with Gasteiger partial charge in [-0.25, -0.2) is 9.59 Å². The van der Waals surface area contributed by atoms with Crippen molar-refractivity contribution < 1.29 is 14.1 Å². The lowest BCUT2D eigenvalue weighted by atomic mass is 10.2. The standard InChI is InChI=1S/C18H24N4O4/c1-18(2,3)25-17(24)22-10-4-9-21(11-12-22)14-7-5-13(6-8-14)15-19-16(23)26-20-15/h5-8H,4,9-12H2,1-3H3,(H,19,20,23). The third-order valence-electron chi connectivity index (χ3n) is 4.09. The smallest absolute Gasteiger partial charge is 0.439 e. The highest BCUT2D eigenvalue weighted by atomic mass is 16.6. The molecular formula is C18H24N4O4. The molecule has 1 N–H and O–H groups in total. The van der Waals surface area contributed by atoms with Gasteiger partial charge in [0, 0.05) is 37.4 Å². The Hall–Kier alpha value is -2.77. The van der Waals surface area contributed by atoms with Gasteiger partial charge in [-0.2, -0.15) is 0 Å². The summed E-state index contributed by atoms with van der Waals surface area (Å²) in [6.45, 7) is 8.52. The number of carbonyl (C=O) groups is 1. The van der Waals surface area contributed by atoms with E-state index in [9.17, 15) is 9.59 Å². The monoisotopic (exact) mass is 360 g/mol. The first kappa shape index (κ1) is 18.0. The number of rotatable bonds is 2. The molecule has 1 fully saturated rings. The van der Waals surface area contributed by atoms with Gasteiger partial charge in [0.1, 0.15) is 5.60 Å². The summed E-state index contributed by atoms with van der Waals surface area (Å²) in [6, 6.07) is 7.73. The van der Waals surface area contributed by atoms with Gasteiger partial charge in [0.05, 0.1) is 0 Å². The minimum Gasteiger partial charge on any atom is -0.444 e. The van der Waals surface area contributed by atoms with E-state index >= 15 is 0 Å². The van der Waals surface area contributed by atoms with Crippen LogP contribution in [0.2, 0.25) is 0 Å². The number of aromatic amines is 1. The molecule has 2 aromatic rings. The molecule has 140 valence electrons. The van der Waals surface area contributed by atoms with Crippen LogP contribution in [0.1, 0.15) is 27.2 Å². The predicted octanol–water partition coefficient (Wildman–Crippen LogP) is 2.48. The number of aromatic nitrogens is 2. The van der Waals surface area contributed by atoms with Gasteiger partial charge in [0.15, 0.2) is 5.82 Å². The summed E-state index contributed by atoms with van der Waals surface area (Å²) in [5.41, 5.74) is 1.36. The second-order valence-corrected chi connectivity index (χ2v) is 7.30. The lowest BCUT2D eigenvalue weighted by Gasteiger charge is -2.27. The molecule has 1 aromatic carbocycles. The molecule has 0 aliphatic carbocycles. The number of hydrogen-bond acceptors (Lipinski definition) is 6. The number of amides is 1. The van der Waals surface area contributed by atoms with Crippen molar-refractivity contribution in [2.45, 2.75) is 32.8 Å². The number of nitrogens with one attached hydrogen (secondary N) is 1. The highest BCUT2D eigenvalue weighted by Gasteiger charge is 2.24. The summed E-state index contributed by atoms with van der Waals surface area (Å²) in [4.78, 5) is 29.8. The Morgan fingerprint density at radius 2 is 1.88 bits per heavy atom. The predicted molar refractivity (Wildman–Crippen MR) is 97.2 cm³/mol. The van der Waals surface area contributed by atoms with Gasteiger partial charge in [-0.1, -0.05) is 5.16 Å². The van der Waals surface area contributed by atoms with Crippen molar-refractivity contribution in [1.82, 2.24) is 15.0 Å². The minimum atomic E-state index is -0.571. The maximum absolute atomic E-state index is 12.3. The zero-order valence-corrected chi connectivity index (χ0v) is 15.3. The van der Waals surface area contributed by atoms with Crippen LogP contribution in [0.15, 0.2) is 33.6 Å². The molecule has 2 heterocycles. The van der Waals surface area contributed by atoms with Gasteiger partial charge in [-0.15, -0.1) is 0 Å². The van der Waals surface area contributed by atoms with Crippen LogP contribution in [-0.2, 0) is 4.74 Å². The van der Waals surface area contributed by atoms with E-state index < -0.39 is 11.4 Å². The van der Waals surface area contributed by atoms with Crippen molar-refractivity contribution in [3.63, 3.8) is 0 Å². The molecule has 26 heavy (non-hydrogen) atoms. The lowest BCUT2D eigenvalue weighted by Crippen LogP contribution is -2.39. The molecule has 0 radical (unpaired) electrons. The largest absolute Gasteiger partial charge is 0.444 e. The van der Waals surface area contributed by atoms with Crippen molar-refractivity contribution in [3.8, 4) is 11.4 Å². The van der Waals surface area contributed by atoms with Crippen LogP contribution in [0, 0.1) is 0 Å². The Labute approximate surface area is 151 Å². The molecule has 1 aliphatic rings. The van der Waals surface area contributed by atoms with Crippen LogP contribution < -0.4 is 10.7 Å². The fraction of sp³-hybridized carbons (Fsp3) is 0.500. The van der Waals surface area contributed by atoms with Crippen molar-refractivity contribution in [1.29, 1.82) is 0 Å². The minimum absolute atomic E-state index is 0.260. The summed E-state index contributed by atoms with van der Waals surface area (Å²) in [7, 11) is 0. The Kier molecular flexibility index (Phi) is 5.01. The topological polar surface area (TPSA) is 91.7 Å². The lowest BCUT2D eigenvalue weighted by molar-refractivity contribution is 0.0263. The molecule has 8 heteroatoms. The van der Waals surface area contributed by atoms with E-state index in [1.54, 1.807) is 4.90 Å². The normalized spacial score (nSPS) is 15.7. The van der Waals surface area contributed by atoms with Crippen molar-refractivity contribution in [2.24, 2.45) is 0 Å². The zero-order chi connectivity index (χ0) is 18.7. The van der Waals surface area contributed by atoms with Gasteiger partial charge in [0.2, 0.25) is 0 Å². The summed E-state index contributed by atoms with van der Waals surface area (Å²) < 4.78 is 9.99. The van der Waals surface area contributed by atoms with Gasteiger partial charge in [0.25, 0.3) is 0 Å². The SMILES string of the molecule is CC(C)(C)OC(=O)N1CCCN(c2ccc(-c3noc(=O)[nH]3)cc2)CC1. The first-order valence-corrected chi connectivity index (χ1v) is 8.71. The number of ether oxygens (including phenoxy) is 1. The van der Waals surface area contributed by atoms with Crippen LogP contribution in [-0.4, -0.2) is 52.9 Å². The van der Waals surface area contributed by atoms with Crippen molar-refractivity contribution in [2.75, 3.05) is 31.1 Å². The third-order valence-corrected chi connectivity index (χ3v) is 4.09. The fourth-order valence-electron chi connectivity index (χ4n) is 2.87. The molecule has 0 saturated carbocycles. The van der Waals surface area contributed by atoms with E-state index in [1.165, 1.54) is 0 Å². The molecule has 1 aromatic heterocycles. The molecule has 0 bridgehead atoms. The number of benzene rings is 1. The van der Waals surface area contributed by atoms with E-state index in [0.29, 0.717) is 18.9 Å². The molecule has 1 amide bonds. The van der Waals surface area contributed by atoms with Crippen LogP contribution in [0.25, 0.3) is 11.4 Å². The average Bonchev–Trinajstić information content (AvgIpc) is 2.86. The summed E-state index contributed by atoms with van der Waals surface area (Å²) >= 11 is 0. The first-order chi connectivity index (χ1) is 12.3. The summed E-state index contributed by atoms with van der Waals surface area (Å²) in [5, 5.41) is 3.69. The number of carbonyl (C=O) groups excluding carboxylic acids is 1. The first-order valence-electron chi connectivity index (χ1n) is 8.71. The highest BCUT2D eigenvalue weighted by Crippen LogP contribution is 2.22. The molecule has 1 saturated heterocycles. The number of anilines is 1. The Morgan fingerprint density at radius 1 is 1.15 bits per heavy atom. The van der Waals surface area contributed by atoms with Gasteiger partial charge >= 0.3 is 11.8 Å². The van der Waals surface area contributed by atoms with Gasteiger partial charge in [-0.3, -0.25) is 9.51 Å². The Bertz CT molecular complexity index is 804. The van der Waals surface area contributed by atoms with E-state index in [0.717, 1.165) is 30.8 Å². The van der Waals surface area contributed by atoms with Crippen LogP contribution in [0.4, 0.5) is 10.5 Å². The van der Waals surface area contributed by atoms with Crippen molar-refractivity contribution in [3.05, 3.63) is 34.8 Å². The summed E-state index contributed by atoms with van der Waals surface area (Å²) in [6.07, 6.45) is 0.613. The molecule has 0 unspecified atom stereocenters. The van der Waals surface area contributed by atoms with Crippen molar-refractivity contribution >= 4 is 11.8 Å². The second-order valence-electron chi connectivity index (χ2n) is 7.30. The molecule has 0 spiro atoms. The Balaban J connectivity index is 1.64. The average molecular weight is 360 g/mol. The van der Waals surface area contributed by atoms with Crippen LogP contribution in [0.3, 0.4) is 0 Å².